The lowest BCUT2D eigenvalue weighted by molar-refractivity contribution is 0.0830. The third-order valence-electron chi connectivity index (χ3n) is 3.80. The molecular formula is C14H21NO2. The molecule has 0 saturated carbocycles. The second-order valence-electron chi connectivity index (χ2n) is 4.96. The van der Waals surface area contributed by atoms with Crippen molar-refractivity contribution < 1.29 is 10.2 Å². The fourth-order valence-corrected chi connectivity index (χ4v) is 2.82. The molecule has 0 amide bonds. The van der Waals surface area contributed by atoms with E-state index in [2.05, 4.69) is 24.0 Å². The van der Waals surface area contributed by atoms with E-state index in [1.165, 1.54) is 5.56 Å². The molecule has 0 aromatic heterocycles. The summed E-state index contributed by atoms with van der Waals surface area (Å²) in [5.41, 5.74) is 1.23. The maximum absolute atomic E-state index is 9.47. The van der Waals surface area contributed by atoms with Crippen molar-refractivity contribution in [1.82, 2.24) is 4.90 Å². The minimum atomic E-state index is 0.171. The van der Waals surface area contributed by atoms with Crippen LogP contribution in [0.25, 0.3) is 0 Å². The molecule has 0 spiro atoms. The van der Waals surface area contributed by atoms with Crippen LogP contribution in [0.3, 0.4) is 0 Å². The van der Waals surface area contributed by atoms with Crippen molar-refractivity contribution >= 4 is 0 Å². The quantitative estimate of drug-likeness (QED) is 0.825. The van der Waals surface area contributed by atoms with Crippen LogP contribution in [0, 0.1) is 5.92 Å². The van der Waals surface area contributed by atoms with E-state index in [0.717, 1.165) is 13.0 Å². The van der Waals surface area contributed by atoms with Crippen LogP contribution in [0.5, 0.6) is 0 Å². The van der Waals surface area contributed by atoms with Gasteiger partial charge in [-0.2, -0.15) is 0 Å². The minimum Gasteiger partial charge on any atom is -0.395 e. The molecule has 3 unspecified atom stereocenters. The van der Waals surface area contributed by atoms with E-state index < -0.39 is 0 Å². The van der Waals surface area contributed by atoms with E-state index in [1.54, 1.807) is 0 Å². The summed E-state index contributed by atoms with van der Waals surface area (Å²) in [6.45, 7) is 3.30. The van der Waals surface area contributed by atoms with Crippen LogP contribution < -0.4 is 0 Å². The molecule has 94 valence electrons. The lowest BCUT2D eigenvalue weighted by Gasteiger charge is -2.29. The van der Waals surface area contributed by atoms with E-state index in [4.69, 9.17) is 0 Å². The van der Waals surface area contributed by atoms with Gasteiger partial charge in [0, 0.05) is 18.6 Å². The molecule has 2 N–H and O–H groups in total. The van der Waals surface area contributed by atoms with E-state index >= 15 is 0 Å². The third-order valence-corrected chi connectivity index (χ3v) is 3.80. The van der Waals surface area contributed by atoms with Gasteiger partial charge in [-0.1, -0.05) is 37.3 Å². The van der Waals surface area contributed by atoms with Crippen LogP contribution in [-0.2, 0) is 6.54 Å². The largest absolute Gasteiger partial charge is 0.395 e. The number of hydrogen-bond acceptors (Lipinski definition) is 3. The number of benzene rings is 1. The summed E-state index contributed by atoms with van der Waals surface area (Å²) in [5, 5.41) is 18.9. The Morgan fingerprint density at radius 1 is 1.18 bits per heavy atom. The Labute approximate surface area is 103 Å². The Bertz CT molecular complexity index is 341. The zero-order valence-electron chi connectivity index (χ0n) is 10.3. The number of likely N-dealkylation sites (tertiary alicyclic amines) is 1. The molecule has 0 bridgehead atoms. The summed E-state index contributed by atoms with van der Waals surface area (Å²) in [5.74, 6) is 0.445. The second kappa shape index (κ2) is 5.63. The fourth-order valence-electron chi connectivity index (χ4n) is 2.82. The fraction of sp³-hybridized carbons (Fsp3) is 0.571. The Hall–Kier alpha value is -0.900. The molecule has 2 rings (SSSR count). The SMILES string of the molecule is CC1CC(CO)N(Cc2ccccc2)C1CO. The Balaban J connectivity index is 2.11. The van der Waals surface area contributed by atoms with Crippen LogP contribution in [0.15, 0.2) is 30.3 Å². The molecule has 1 aliphatic heterocycles. The topological polar surface area (TPSA) is 43.7 Å². The predicted molar refractivity (Wildman–Crippen MR) is 67.5 cm³/mol. The molecule has 1 heterocycles. The van der Waals surface area contributed by atoms with Crippen LogP contribution in [0.4, 0.5) is 0 Å². The first-order valence-electron chi connectivity index (χ1n) is 6.27. The van der Waals surface area contributed by atoms with E-state index in [9.17, 15) is 10.2 Å². The van der Waals surface area contributed by atoms with Crippen molar-refractivity contribution in [2.24, 2.45) is 5.92 Å². The third kappa shape index (κ3) is 2.68. The summed E-state index contributed by atoms with van der Waals surface area (Å²) in [7, 11) is 0. The highest BCUT2D eigenvalue weighted by atomic mass is 16.3. The maximum Gasteiger partial charge on any atom is 0.0589 e. The van der Waals surface area contributed by atoms with Gasteiger partial charge in [-0.3, -0.25) is 4.90 Å². The smallest absolute Gasteiger partial charge is 0.0589 e. The van der Waals surface area contributed by atoms with E-state index in [1.807, 2.05) is 18.2 Å². The molecule has 1 fully saturated rings. The van der Waals surface area contributed by atoms with Crippen molar-refractivity contribution in [3.05, 3.63) is 35.9 Å². The van der Waals surface area contributed by atoms with Gasteiger partial charge in [0.2, 0.25) is 0 Å². The summed E-state index contributed by atoms with van der Waals surface area (Å²) < 4.78 is 0. The van der Waals surface area contributed by atoms with E-state index in [0.29, 0.717) is 5.92 Å². The molecule has 3 heteroatoms. The van der Waals surface area contributed by atoms with Crippen molar-refractivity contribution in [2.75, 3.05) is 13.2 Å². The zero-order chi connectivity index (χ0) is 12.3. The molecule has 17 heavy (non-hydrogen) atoms. The highest BCUT2D eigenvalue weighted by molar-refractivity contribution is 5.15. The van der Waals surface area contributed by atoms with Gasteiger partial charge in [-0.15, -0.1) is 0 Å². The van der Waals surface area contributed by atoms with Crippen LogP contribution in [0.2, 0.25) is 0 Å². The predicted octanol–water partition coefficient (Wildman–Crippen LogP) is 1.25. The van der Waals surface area contributed by atoms with Gasteiger partial charge in [-0.05, 0) is 17.9 Å². The van der Waals surface area contributed by atoms with Gasteiger partial charge in [-0.25, -0.2) is 0 Å². The number of nitrogens with zero attached hydrogens (tertiary/aromatic N) is 1. The molecule has 0 radical (unpaired) electrons. The van der Waals surface area contributed by atoms with Gasteiger partial charge in [0.05, 0.1) is 13.2 Å². The maximum atomic E-state index is 9.47. The highest BCUT2D eigenvalue weighted by Gasteiger charge is 2.37. The van der Waals surface area contributed by atoms with Gasteiger partial charge in [0.15, 0.2) is 0 Å². The standard InChI is InChI=1S/C14H21NO2/c1-11-7-13(9-16)15(14(11)10-17)8-12-5-3-2-4-6-12/h2-6,11,13-14,16-17H,7-10H2,1H3. The number of hydrogen-bond donors (Lipinski definition) is 2. The summed E-state index contributed by atoms with van der Waals surface area (Å²) >= 11 is 0. The average Bonchev–Trinajstić information content (AvgIpc) is 2.66. The van der Waals surface area contributed by atoms with Crippen molar-refractivity contribution in [3.8, 4) is 0 Å². The number of aliphatic hydroxyl groups excluding tert-OH is 2. The highest BCUT2D eigenvalue weighted by Crippen LogP contribution is 2.30. The molecule has 0 aliphatic carbocycles. The summed E-state index contributed by atoms with van der Waals surface area (Å²) in [6.07, 6.45) is 0.967. The monoisotopic (exact) mass is 235 g/mol. The molecule has 3 atom stereocenters. The average molecular weight is 235 g/mol. The van der Waals surface area contributed by atoms with Crippen molar-refractivity contribution in [3.63, 3.8) is 0 Å². The summed E-state index contributed by atoms with van der Waals surface area (Å²) in [4.78, 5) is 2.24. The first kappa shape index (κ1) is 12.6. The minimum absolute atomic E-state index is 0.171. The van der Waals surface area contributed by atoms with E-state index in [-0.39, 0.29) is 25.3 Å². The first-order valence-corrected chi connectivity index (χ1v) is 6.27. The lowest BCUT2D eigenvalue weighted by atomic mass is 10.0. The molecular weight excluding hydrogens is 214 g/mol. The lowest BCUT2D eigenvalue weighted by Crippen LogP contribution is -2.40. The summed E-state index contributed by atoms with van der Waals surface area (Å²) in [6, 6.07) is 10.6. The van der Waals surface area contributed by atoms with Gasteiger partial charge >= 0.3 is 0 Å². The molecule has 1 aromatic rings. The first-order chi connectivity index (χ1) is 8.26. The van der Waals surface area contributed by atoms with Crippen LogP contribution >= 0.6 is 0 Å². The Morgan fingerprint density at radius 3 is 2.47 bits per heavy atom. The van der Waals surface area contributed by atoms with Gasteiger partial charge < -0.3 is 10.2 Å². The number of rotatable bonds is 4. The molecule has 1 aliphatic rings. The zero-order valence-corrected chi connectivity index (χ0v) is 10.3. The molecule has 1 saturated heterocycles. The molecule has 1 aromatic carbocycles. The van der Waals surface area contributed by atoms with Crippen molar-refractivity contribution in [2.45, 2.75) is 32.0 Å². The Kier molecular flexibility index (Phi) is 4.15. The van der Waals surface area contributed by atoms with Crippen molar-refractivity contribution in [1.29, 1.82) is 0 Å². The second-order valence-corrected chi connectivity index (χ2v) is 4.96. The normalized spacial score (nSPS) is 29.7. The molecule has 3 nitrogen and oxygen atoms in total. The van der Waals surface area contributed by atoms with Crippen LogP contribution in [0.1, 0.15) is 18.9 Å². The Morgan fingerprint density at radius 2 is 1.88 bits per heavy atom. The number of aliphatic hydroxyl groups is 2. The van der Waals surface area contributed by atoms with Gasteiger partial charge in [0.25, 0.3) is 0 Å². The van der Waals surface area contributed by atoms with Gasteiger partial charge in [0.1, 0.15) is 0 Å². The van der Waals surface area contributed by atoms with Crippen LogP contribution in [-0.4, -0.2) is 40.4 Å².